The number of carbonyl (C=O) groups excluding carboxylic acids is 1. The zero-order valence-corrected chi connectivity index (χ0v) is 10.5. The van der Waals surface area contributed by atoms with Gasteiger partial charge in [-0.2, -0.15) is 0 Å². The Morgan fingerprint density at radius 2 is 1.94 bits per heavy atom. The summed E-state index contributed by atoms with van der Waals surface area (Å²) in [6.45, 7) is 0. The number of hydrogen-bond donors (Lipinski definition) is 0. The molecule has 0 saturated heterocycles. The van der Waals surface area contributed by atoms with Gasteiger partial charge in [-0.1, -0.05) is 32.1 Å². The van der Waals surface area contributed by atoms with Crippen molar-refractivity contribution >= 4 is 5.97 Å². The predicted octanol–water partition coefficient (Wildman–Crippen LogP) is 3.17. The van der Waals surface area contributed by atoms with E-state index in [0.717, 1.165) is 6.42 Å². The quantitative estimate of drug-likeness (QED) is 0.751. The summed E-state index contributed by atoms with van der Waals surface area (Å²) in [7, 11) is 1.47. The molecular weight excluding hydrogens is 214 g/mol. The second-order valence-electron chi connectivity index (χ2n) is 4.91. The molecule has 1 fully saturated rings. The molecule has 17 heavy (non-hydrogen) atoms. The van der Waals surface area contributed by atoms with Crippen LogP contribution < -0.4 is 0 Å². The number of nitrogens with zero attached hydrogens (tertiary/aromatic N) is 1. The molecule has 0 N–H and O–H groups in total. The van der Waals surface area contributed by atoms with Crippen molar-refractivity contribution in [2.75, 3.05) is 7.11 Å². The lowest BCUT2D eigenvalue weighted by Crippen LogP contribution is -2.23. The van der Waals surface area contributed by atoms with E-state index in [9.17, 15) is 4.79 Å². The predicted molar refractivity (Wildman–Crippen MR) is 66.7 cm³/mol. The van der Waals surface area contributed by atoms with Crippen LogP contribution in [0.5, 0.6) is 0 Å². The number of rotatable bonds is 4. The molecule has 1 aliphatic carbocycles. The van der Waals surface area contributed by atoms with Gasteiger partial charge in [0.25, 0.3) is 0 Å². The molecule has 1 aromatic heterocycles. The maximum Gasteiger partial charge on any atom is 0.328 e. The summed E-state index contributed by atoms with van der Waals surface area (Å²) >= 11 is 0. The fourth-order valence-electron chi connectivity index (χ4n) is 2.77. The molecule has 0 bridgehead atoms. The molecule has 0 amide bonds. The third kappa shape index (κ3) is 3.11. The average molecular weight is 235 g/mol. The third-order valence-corrected chi connectivity index (χ3v) is 3.74. The number of ether oxygens (including phenoxy) is 1. The van der Waals surface area contributed by atoms with Crippen LogP contribution in [-0.2, 0) is 9.53 Å². The Hall–Kier alpha value is -1.25. The van der Waals surface area contributed by atoms with Gasteiger partial charge in [-0.3, -0.25) is 0 Å². The summed E-state index contributed by atoms with van der Waals surface area (Å²) in [5.74, 6) is 0.557. The molecule has 1 atom stereocenters. The van der Waals surface area contributed by atoms with Crippen LogP contribution in [0.3, 0.4) is 0 Å². The summed E-state index contributed by atoms with van der Waals surface area (Å²) in [5, 5.41) is 0. The van der Waals surface area contributed by atoms with Crippen LogP contribution in [-0.4, -0.2) is 17.6 Å². The molecular formula is C14H21NO2. The maximum absolute atomic E-state index is 11.8. The van der Waals surface area contributed by atoms with Crippen LogP contribution >= 0.6 is 0 Å². The lowest BCUT2D eigenvalue weighted by Gasteiger charge is -2.26. The smallest absolute Gasteiger partial charge is 0.328 e. The monoisotopic (exact) mass is 235 g/mol. The first-order valence-electron chi connectivity index (χ1n) is 6.51. The molecule has 2 rings (SSSR count). The molecule has 0 aliphatic heterocycles. The zero-order chi connectivity index (χ0) is 12.1. The molecule has 0 aromatic carbocycles. The minimum atomic E-state index is -0.141. The first-order valence-corrected chi connectivity index (χ1v) is 6.51. The lowest BCUT2D eigenvalue weighted by atomic mass is 9.85. The van der Waals surface area contributed by atoms with E-state index in [0.29, 0.717) is 5.92 Å². The fourth-order valence-corrected chi connectivity index (χ4v) is 2.77. The van der Waals surface area contributed by atoms with Crippen LogP contribution in [0.1, 0.15) is 44.6 Å². The van der Waals surface area contributed by atoms with Crippen molar-refractivity contribution in [1.29, 1.82) is 0 Å². The van der Waals surface area contributed by atoms with Gasteiger partial charge in [-0.05, 0) is 24.5 Å². The Bertz CT molecular complexity index is 339. The van der Waals surface area contributed by atoms with Gasteiger partial charge < -0.3 is 9.30 Å². The summed E-state index contributed by atoms with van der Waals surface area (Å²) in [5.41, 5.74) is 0. The number of carbonyl (C=O) groups is 1. The Balaban J connectivity index is 2.02. The van der Waals surface area contributed by atoms with Crippen LogP contribution in [0, 0.1) is 5.92 Å². The SMILES string of the molecule is COC(=O)[C@H](CC1CCCCC1)n1cccc1. The highest BCUT2D eigenvalue weighted by Gasteiger charge is 2.25. The Morgan fingerprint density at radius 1 is 1.29 bits per heavy atom. The standard InChI is InChI=1S/C14H21NO2/c1-17-14(16)13(15-9-5-6-10-15)11-12-7-3-2-4-8-12/h5-6,9-10,12-13H,2-4,7-8,11H2,1H3/t13-/m0/s1. The van der Waals surface area contributed by atoms with Gasteiger partial charge >= 0.3 is 5.97 Å². The highest BCUT2D eigenvalue weighted by atomic mass is 16.5. The molecule has 0 spiro atoms. The molecule has 1 saturated carbocycles. The summed E-state index contributed by atoms with van der Waals surface area (Å²) in [6.07, 6.45) is 11.3. The number of esters is 1. The van der Waals surface area contributed by atoms with Crippen molar-refractivity contribution in [1.82, 2.24) is 4.57 Å². The molecule has 3 heteroatoms. The van der Waals surface area contributed by atoms with Crippen LogP contribution in [0.2, 0.25) is 0 Å². The van der Waals surface area contributed by atoms with Crippen molar-refractivity contribution in [3.63, 3.8) is 0 Å². The van der Waals surface area contributed by atoms with E-state index in [1.54, 1.807) is 0 Å². The lowest BCUT2D eigenvalue weighted by molar-refractivity contribution is -0.145. The Labute approximate surface area is 103 Å². The minimum Gasteiger partial charge on any atom is -0.467 e. The van der Waals surface area contributed by atoms with Gasteiger partial charge in [0.05, 0.1) is 7.11 Å². The van der Waals surface area contributed by atoms with Gasteiger partial charge in [0.2, 0.25) is 0 Å². The normalized spacial score (nSPS) is 18.9. The number of hydrogen-bond acceptors (Lipinski definition) is 2. The number of methoxy groups -OCH3 is 1. The van der Waals surface area contributed by atoms with E-state index in [1.165, 1.54) is 39.2 Å². The van der Waals surface area contributed by atoms with Crippen LogP contribution in [0.15, 0.2) is 24.5 Å². The fraction of sp³-hybridized carbons (Fsp3) is 0.643. The maximum atomic E-state index is 11.8. The molecule has 0 unspecified atom stereocenters. The van der Waals surface area contributed by atoms with E-state index < -0.39 is 0 Å². The van der Waals surface area contributed by atoms with Crippen molar-refractivity contribution in [2.24, 2.45) is 5.92 Å². The van der Waals surface area contributed by atoms with Gasteiger partial charge in [0.1, 0.15) is 6.04 Å². The Morgan fingerprint density at radius 3 is 2.53 bits per heavy atom. The highest BCUT2D eigenvalue weighted by molar-refractivity contribution is 5.74. The average Bonchev–Trinajstić information content (AvgIpc) is 2.90. The highest BCUT2D eigenvalue weighted by Crippen LogP contribution is 2.31. The van der Waals surface area contributed by atoms with Gasteiger partial charge in [0.15, 0.2) is 0 Å². The van der Waals surface area contributed by atoms with Crippen molar-refractivity contribution < 1.29 is 9.53 Å². The van der Waals surface area contributed by atoms with E-state index >= 15 is 0 Å². The molecule has 1 heterocycles. The van der Waals surface area contributed by atoms with Crippen LogP contribution in [0.25, 0.3) is 0 Å². The van der Waals surface area contributed by atoms with Gasteiger partial charge in [0, 0.05) is 12.4 Å². The topological polar surface area (TPSA) is 31.2 Å². The third-order valence-electron chi connectivity index (χ3n) is 3.74. The Kier molecular flexibility index (Phi) is 4.24. The molecule has 1 aromatic rings. The largest absolute Gasteiger partial charge is 0.467 e. The zero-order valence-electron chi connectivity index (χ0n) is 10.5. The molecule has 3 nitrogen and oxygen atoms in total. The molecule has 0 radical (unpaired) electrons. The minimum absolute atomic E-state index is 0.119. The van der Waals surface area contributed by atoms with E-state index in [4.69, 9.17) is 4.74 Å². The summed E-state index contributed by atoms with van der Waals surface area (Å²) in [4.78, 5) is 11.8. The molecule has 1 aliphatic rings. The summed E-state index contributed by atoms with van der Waals surface area (Å²) in [6, 6.07) is 3.77. The van der Waals surface area contributed by atoms with Crippen molar-refractivity contribution in [2.45, 2.75) is 44.6 Å². The molecule has 94 valence electrons. The van der Waals surface area contributed by atoms with Crippen molar-refractivity contribution in [3.05, 3.63) is 24.5 Å². The van der Waals surface area contributed by atoms with Crippen LogP contribution in [0.4, 0.5) is 0 Å². The summed E-state index contributed by atoms with van der Waals surface area (Å²) < 4.78 is 6.89. The van der Waals surface area contributed by atoms with Crippen molar-refractivity contribution in [3.8, 4) is 0 Å². The van der Waals surface area contributed by atoms with E-state index in [2.05, 4.69) is 0 Å². The first-order chi connectivity index (χ1) is 8.31. The number of aromatic nitrogens is 1. The van der Waals surface area contributed by atoms with E-state index in [1.807, 2.05) is 29.1 Å². The van der Waals surface area contributed by atoms with Gasteiger partial charge in [-0.15, -0.1) is 0 Å². The second kappa shape index (κ2) is 5.89. The second-order valence-corrected chi connectivity index (χ2v) is 4.91. The van der Waals surface area contributed by atoms with Gasteiger partial charge in [-0.25, -0.2) is 4.79 Å². The first kappa shape index (κ1) is 12.2. The van der Waals surface area contributed by atoms with E-state index in [-0.39, 0.29) is 12.0 Å².